The quantitative estimate of drug-likeness (QED) is 0.845. The van der Waals surface area contributed by atoms with Crippen LogP contribution in [-0.4, -0.2) is 32.1 Å². The average molecular weight is 262 g/mol. The molecule has 2 N–H and O–H groups in total. The summed E-state index contributed by atoms with van der Waals surface area (Å²) in [6.07, 6.45) is 4.12. The predicted octanol–water partition coefficient (Wildman–Crippen LogP) is 1.50. The third kappa shape index (κ3) is 4.24. The van der Waals surface area contributed by atoms with E-state index in [0.717, 1.165) is 31.6 Å². The summed E-state index contributed by atoms with van der Waals surface area (Å²) in [5, 5.41) is 6.25. The van der Waals surface area contributed by atoms with E-state index in [0.29, 0.717) is 6.54 Å². The van der Waals surface area contributed by atoms with Gasteiger partial charge in [0.15, 0.2) is 0 Å². The van der Waals surface area contributed by atoms with Crippen LogP contribution in [-0.2, 0) is 11.2 Å². The van der Waals surface area contributed by atoms with Crippen LogP contribution in [0.2, 0.25) is 0 Å². The number of hydrogen-bond donors (Lipinski definition) is 2. The van der Waals surface area contributed by atoms with Gasteiger partial charge in [0.05, 0.1) is 13.2 Å². The maximum Gasteiger partial charge on any atom is 0.237 e. The van der Waals surface area contributed by atoms with Gasteiger partial charge in [-0.1, -0.05) is 18.6 Å². The summed E-state index contributed by atoms with van der Waals surface area (Å²) in [7, 11) is 1.66. The van der Waals surface area contributed by atoms with Crippen molar-refractivity contribution in [3.63, 3.8) is 0 Å². The van der Waals surface area contributed by atoms with Gasteiger partial charge in [0.25, 0.3) is 0 Å². The van der Waals surface area contributed by atoms with Crippen LogP contribution in [0.25, 0.3) is 0 Å². The highest BCUT2D eigenvalue weighted by molar-refractivity contribution is 5.81. The van der Waals surface area contributed by atoms with Gasteiger partial charge in [0, 0.05) is 6.54 Å². The molecule has 1 heterocycles. The molecule has 1 aliphatic rings. The van der Waals surface area contributed by atoms with Crippen molar-refractivity contribution in [1.82, 2.24) is 10.6 Å². The molecular formula is C15H22N2O2. The molecule has 1 atom stereocenters. The van der Waals surface area contributed by atoms with Gasteiger partial charge in [-0.3, -0.25) is 4.79 Å². The number of rotatable bonds is 5. The number of nitrogens with one attached hydrogen (secondary N) is 2. The molecule has 1 saturated heterocycles. The van der Waals surface area contributed by atoms with Gasteiger partial charge in [-0.2, -0.15) is 0 Å². The first-order chi connectivity index (χ1) is 9.29. The van der Waals surface area contributed by atoms with E-state index in [4.69, 9.17) is 4.74 Å². The van der Waals surface area contributed by atoms with Crippen LogP contribution in [0.1, 0.15) is 24.8 Å². The van der Waals surface area contributed by atoms with Crippen LogP contribution in [0.5, 0.6) is 5.75 Å². The predicted molar refractivity (Wildman–Crippen MR) is 75.3 cm³/mol. The molecule has 0 radical (unpaired) electrons. The molecule has 4 heteroatoms. The Morgan fingerprint density at radius 3 is 2.79 bits per heavy atom. The summed E-state index contributed by atoms with van der Waals surface area (Å²) in [6, 6.07) is 7.96. The second-order valence-electron chi connectivity index (χ2n) is 4.89. The lowest BCUT2D eigenvalue weighted by molar-refractivity contribution is -0.123. The second kappa shape index (κ2) is 7.14. The van der Waals surface area contributed by atoms with Crippen LogP contribution >= 0.6 is 0 Å². The minimum absolute atomic E-state index is 0.00428. The Kier molecular flexibility index (Phi) is 5.21. The molecule has 1 aliphatic heterocycles. The lowest BCUT2D eigenvalue weighted by Crippen LogP contribution is -2.47. The van der Waals surface area contributed by atoms with Crippen LogP contribution in [0.4, 0.5) is 0 Å². The van der Waals surface area contributed by atoms with Gasteiger partial charge in [-0.05, 0) is 43.5 Å². The Morgan fingerprint density at radius 1 is 1.37 bits per heavy atom. The number of hydrogen-bond acceptors (Lipinski definition) is 3. The van der Waals surface area contributed by atoms with Crippen LogP contribution < -0.4 is 15.4 Å². The van der Waals surface area contributed by atoms with Crippen molar-refractivity contribution in [2.75, 3.05) is 20.2 Å². The minimum Gasteiger partial charge on any atom is -0.497 e. The first-order valence-electron chi connectivity index (χ1n) is 6.93. The molecule has 19 heavy (non-hydrogen) atoms. The van der Waals surface area contributed by atoms with E-state index < -0.39 is 0 Å². The molecule has 0 aromatic heterocycles. The van der Waals surface area contributed by atoms with Crippen molar-refractivity contribution in [3.05, 3.63) is 29.8 Å². The average Bonchev–Trinajstić information content (AvgIpc) is 2.49. The minimum atomic E-state index is 0.00428. The Labute approximate surface area is 114 Å². The Morgan fingerprint density at radius 2 is 2.16 bits per heavy atom. The van der Waals surface area contributed by atoms with Crippen LogP contribution in [0.15, 0.2) is 24.3 Å². The van der Waals surface area contributed by atoms with E-state index in [-0.39, 0.29) is 11.9 Å². The standard InChI is InChI=1S/C15H22N2O2/c1-19-13-7-5-12(6-8-13)9-11-17-15(18)14-4-2-3-10-16-14/h5-8,14,16H,2-4,9-11H2,1H3,(H,17,18)/t14-/m0/s1. The molecule has 1 aromatic carbocycles. The van der Waals surface area contributed by atoms with Gasteiger partial charge in [0.2, 0.25) is 5.91 Å². The van der Waals surface area contributed by atoms with Crippen molar-refractivity contribution in [2.45, 2.75) is 31.7 Å². The molecule has 0 saturated carbocycles. The van der Waals surface area contributed by atoms with E-state index in [1.54, 1.807) is 7.11 Å². The summed E-state index contributed by atoms with van der Waals surface area (Å²) in [4.78, 5) is 11.9. The molecule has 1 aromatic rings. The van der Waals surface area contributed by atoms with Gasteiger partial charge in [-0.15, -0.1) is 0 Å². The SMILES string of the molecule is COc1ccc(CCNC(=O)[C@@H]2CCCCN2)cc1. The van der Waals surface area contributed by atoms with Gasteiger partial charge in [-0.25, -0.2) is 0 Å². The van der Waals surface area contributed by atoms with Crippen LogP contribution in [0.3, 0.4) is 0 Å². The van der Waals surface area contributed by atoms with Crippen molar-refractivity contribution >= 4 is 5.91 Å². The summed E-state index contributed by atoms with van der Waals surface area (Å²) < 4.78 is 5.11. The van der Waals surface area contributed by atoms with Crippen molar-refractivity contribution < 1.29 is 9.53 Å². The first kappa shape index (κ1) is 13.9. The van der Waals surface area contributed by atoms with E-state index in [1.165, 1.54) is 12.0 Å². The smallest absolute Gasteiger partial charge is 0.237 e. The molecule has 0 aliphatic carbocycles. The number of ether oxygens (including phenoxy) is 1. The fourth-order valence-corrected chi connectivity index (χ4v) is 2.32. The summed E-state index contributed by atoms with van der Waals surface area (Å²) in [5.74, 6) is 0.993. The molecule has 2 rings (SSSR count). The highest BCUT2D eigenvalue weighted by atomic mass is 16.5. The van der Waals surface area contributed by atoms with Gasteiger partial charge in [0.1, 0.15) is 5.75 Å². The first-order valence-corrected chi connectivity index (χ1v) is 6.93. The number of piperidine rings is 1. The zero-order valence-electron chi connectivity index (χ0n) is 11.4. The summed E-state index contributed by atoms with van der Waals surface area (Å²) >= 11 is 0. The van der Waals surface area contributed by atoms with E-state index in [9.17, 15) is 4.79 Å². The largest absolute Gasteiger partial charge is 0.497 e. The Balaban J connectivity index is 1.71. The molecule has 1 amide bonds. The molecule has 0 unspecified atom stereocenters. The monoisotopic (exact) mass is 262 g/mol. The topological polar surface area (TPSA) is 50.4 Å². The van der Waals surface area contributed by atoms with E-state index in [1.807, 2.05) is 24.3 Å². The summed E-state index contributed by atoms with van der Waals surface area (Å²) in [5.41, 5.74) is 1.21. The van der Waals surface area contributed by atoms with Crippen molar-refractivity contribution in [2.24, 2.45) is 0 Å². The molecule has 0 bridgehead atoms. The van der Waals surface area contributed by atoms with Crippen molar-refractivity contribution in [3.8, 4) is 5.75 Å². The molecule has 0 spiro atoms. The van der Waals surface area contributed by atoms with Crippen LogP contribution in [0, 0.1) is 0 Å². The highest BCUT2D eigenvalue weighted by Crippen LogP contribution is 2.11. The summed E-state index contributed by atoms with van der Waals surface area (Å²) in [6.45, 7) is 1.64. The Hall–Kier alpha value is -1.55. The fraction of sp³-hybridized carbons (Fsp3) is 0.533. The number of carbonyl (C=O) groups is 1. The highest BCUT2D eigenvalue weighted by Gasteiger charge is 2.19. The number of methoxy groups -OCH3 is 1. The zero-order chi connectivity index (χ0) is 13.5. The second-order valence-corrected chi connectivity index (χ2v) is 4.89. The number of carbonyl (C=O) groups excluding carboxylic acids is 1. The molecule has 1 fully saturated rings. The molecule has 4 nitrogen and oxygen atoms in total. The van der Waals surface area contributed by atoms with Gasteiger partial charge >= 0.3 is 0 Å². The Bertz CT molecular complexity index is 397. The number of benzene rings is 1. The lowest BCUT2D eigenvalue weighted by atomic mass is 10.0. The van der Waals surface area contributed by atoms with E-state index >= 15 is 0 Å². The lowest BCUT2D eigenvalue weighted by Gasteiger charge is -2.22. The van der Waals surface area contributed by atoms with E-state index in [2.05, 4.69) is 10.6 Å². The fourth-order valence-electron chi connectivity index (χ4n) is 2.32. The van der Waals surface area contributed by atoms with Gasteiger partial charge < -0.3 is 15.4 Å². The number of amides is 1. The normalized spacial score (nSPS) is 18.9. The molecule has 104 valence electrons. The third-order valence-corrected chi connectivity index (χ3v) is 3.50. The maximum absolute atomic E-state index is 11.9. The third-order valence-electron chi connectivity index (χ3n) is 3.50. The zero-order valence-corrected chi connectivity index (χ0v) is 11.4. The molecular weight excluding hydrogens is 240 g/mol. The maximum atomic E-state index is 11.9. The van der Waals surface area contributed by atoms with Crippen molar-refractivity contribution in [1.29, 1.82) is 0 Å².